The first-order valence-corrected chi connectivity index (χ1v) is 7.76. The van der Waals surface area contributed by atoms with Crippen molar-refractivity contribution in [2.45, 2.75) is 39.0 Å². The van der Waals surface area contributed by atoms with E-state index >= 15 is 0 Å². The van der Waals surface area contributed by atoms with Gasteiger partial charge in [0.1, 0.15) is 11.6 Å². The lowest BCUT2D eigenvalue weighted by atomic mass is 9.81. The van der Waals surface area contributed by atoms with Gasteiger partial charge in [-0.3, -0.25) is 9.59 Å². The maximum absolute atomic E-state index is 11.3. The molecule has 0 aromatic heterocycles. The molecular weight excluding hydrogens is 296 g/mol. The van der Waals surface area contributed by atoms with Gasteiger partial charge in [0.05, 0.1) is 26.2 Å². The second kappa shape index (κ2) is 8.91. The fourth-order valence-corrected chi connectivity index (χ4v) is 2.40. The summed E-state index contributed by atoms with van der Waals surface area (Å²) < 4.78 is 0. The molecule has 3 N–H and O–H groups in total. The van der Waals surface area contributed by atoms with Gasteiger partial charge in [0.2, 0.25) is 0 Å². The average molecular weight is 322 g/mol. The number of Topliss-reactive ketones (excluding diaryl/α,β-unsaturated/α-hetero) is 2. The van der Waals surface area contributed by atoms with Crippen molar-refractivity contribution in [2.75, 3.05) is 19.8 Å². The predicted molar refractivity (Wildman–Crippen MR) is 87.1 cm³/mol. The highest BCUT2D eigenvalue weighted by molar-refractivity contribution is 6.02. The summed E-state index contributed by atoms with van der Waals surface area (Å²) in [4.78, 5) is 22.7. The van der Waals surface area contributed by atoms with Gasteiger partial charge >= 0.3 is 0 Å². The van der Waals surface area contributed by atoms with E-state index in [1.54, 1.807) is 6.92 Å². The number of aliphatic hydroxyl groups is 3. The SMILES string of the molecule is CC(CO)(CO)CO.Cc1ccccc1C1CC(=O)CC(=O)C1. The molecule has 2 rings (SSSR count). The Balaban J connectivity index is 0.000000284. The first-order chi connectivity index (χ1) is 10.8. The molecule has 0 unspecified atom stereocenters. The fraction of sp³-hybridized carbons (Fsp3) is 0.556. The number of aliphatic hydroxyl groups excluding tert-OH is 3. The molecular formula is C18H26O5. The summed E-state index contributed by atoms with van der Waals surface area (Å²) in [6.07, 6.45) is 1.19. The third kappa shape index (κ3) is 5.86. The lowest BCUT2D eigenvalue weighted by Crippen LogP contribution is -2.29. The molecule has 5 nitrogen and oxygen atoms in total. The number of rotatable bonds is 4. The van der Waals surface area contributed by atoms with Crippen molar-refractivity contribution in [3.8, 4) is 0 Å². The molecule has 5 heteroatoms. The zero-order valence-corrected chi connectivity index (χ0v) is 13.8. The maximum Gasteiger partial charge on any atom is 0.140 e. The van der Waals surface area contributed by atoms with Crippen LogP contribution in [0.15, 0.2) is 24.3 Å². The van der Waals surface area contributed by atoms with Crippen molar-refractivity contribution in [2.24, 2.45) is 5.41 Å². The Morgan fingerprint density at radius 1 is 1.00 bits per heavy atom. The van der Waals surface area contributed by atoms with Gasteiger partial charge in [-0.25, -0.2) is 0 Å². The molecule has 1 fully saturated rings. The van der Waals surface area contributed by atoms with E-state index in [2.05, 4.69) is 0 Å². The van der Waals surface area contributed by atoms with Gasteiger partial charge in [0.15, 0.2) is 0 Å². The molecule has 1 saturated carbocycles. The first kappa shape index (κ1) is 19.5. The Labute approximate surface area is 137 Å². The van der Waals surface area contributed by atoms with Gasteiger partial charge in [-0.1, -0.05) is 31.2 Å². The van der Waals surface area contributed by atoms with Gasteiger partial charge in [-0.05, 0) is 24.0 Å². The van der Waals surface area contributed by atoms with Gasteiger partial charge in [0, 0.05) is 18.3 Å². The Kier molecular flexibility index (Phi) is 7.55. The van der Waals surface area contributed by atoms with E-state index in [-0.39, 0.29) is 43.7 Å². The maximum atomic E-state index is 11.3. The minimum atomic E-state index is -0.708. The van der Waals surface area contributed by atoms with Crippen LogP contribution in [0, 0.1) is 12.3 Å². The van der Waals surface area contributed by atoms with E-state index in [1.165, 1.54) is 5.56 Å². The normalized spacial score (nSPS) is 16.0. The van der Waals surface area contributed by atoms with Crippen LogP contribution in [0.5, 0.6) is 0 Å². The minimum absolute atomic E-state index is 0.0829. The van der Waals surface area contributed by atoms with Crippen LogP contribution in [-0.2, 0) is 9.59 Å². The third-order valence-electron chi connectivity index (χ3n) is 4.12. The summed E-state index contributed by atoms with van der Waals surface area (Å²) in [5, 5.41) is 25.4. The molecule has 0 amide bonds. The number of benzene rings is 1. The zero-order valence-electron chi connectivity index (χ0n) is 13.8. The van der Waals surface area contributed by atoms with Crippen LogP contribution in [0.1, 0.15) is 43.2 Å². The molecule has 0 saturated heterocycles. The Morgan fingerprint density at radius 3 is 1.87 bits per heavy atom. The summed E-state index contributed by atoms with van der Waals surface area (Å²) >= 11 is 0. The van der Waals surface area contributed by atoms with Crippen molar-refractivity contribution in [1.29, 1.82) is 0 Å². The zero-order chi connectivity index (χ0) is 17.5. The molecule has 23 heavy (non-hydrogen) atoms. The van der Waals surface area contributed by atoms with Gasteiger partial charge < -0.3 is 15.3 Å². The summed E-state index contributed by atoms with van der Waals surface area (Å²) in [5.41, 5.74) is 1.61. The molecule has 1 aromatic carbocycles. The van der Waals surface area contributed by atoms with E-state index in [0.717, 1.165) is 5.56 Å². The highest BCUT2D eigenvalue weighted by Crippen LogP contribution is 2.30. The number of hydrogen-bond acceptors (Lipinski definition) is 5. The molecule has 0 spiro atoms. The minimum Gasteiger partial charge on any atom is -0.396 e. The summed E-state index contributed by atoms with van der Waals surface area (Å²) in [5.74, 6) is 0.277. The topological polar surface area (TPSA) is 94.8 Å². The van der Waals surface area contributed by atoms with E-state index < -0.39 is 5.41 Å². The molecule has 1 aliphatic carbocycles. The standard InChI is InChI=1S/C13H14O2.C5H12O3/c1-9-4-2-3-5-13(9)10-6-11(14)8-12(15)7-10;1-5(2-6,3-7)4-8/h2-5,10H,6-8H2,1H3;6-8H,2-4H2,1H3. The summed E-state index contributed by atoms with van der Waals surface area (Å²) in [6, 6.07) is 7.99. The van der Waals surface area contributed by atoms with Gasteiger partial charge in [-0.2, -0.15) is 0 Å². The second-order valence-corrected chi connectivity index (χ2v) is 6.50. The number of ketones is 2. The number of carbonyl (C=O) groups excluding carboxylic acids is 2. The van der Waals surface area contributed by atoms with Crippen LogP contribution in [0.4, 0.5) is 0 Å². The lowest BCUT2D eigenvalue weighted by Gasteiger charge is -2.21. The van der Waals surface area contributed by atoms with Crippen LogP contribution in [0.2, 0.25) is 0 Å². The Morgan fingerprint density at radius 2 is 1.48 bits per heavy atom. The molecule has 0 heterocycles. The average Bonchev–Trinajstić information content (AvgIpc) is 2.54. The van der Waals surface area contributed by atoms with Crippen molar-refractivity contribution in [1.82, 2.24) is 0 Å². The quantitative estimate of drug-likeness (QED) is 0.728. The third-order valence-corrected chi connectivity index (χ3v) is 4.12. The molecule has 0 bridgehead atoms. The van der Waals surface area contributed by atoms with Crippen LogP contribution >= 0.6 is 0 Å². The van der Waals surface area contributed by atoms with Crippen LogP contribution in [-0.4, -0.2) is 46.7 Å². The van der Waals surface area contributed by atoms with E-state index in [9.17, 15) is 9.59 Å². The Bertz CT molecular complexity index is 510. The molecule has 0 atom stereocenters. The highest BCUT2D eigenvalue weighted by Gasteiger charge is 2.27. The molecule has 128 valence electrons. The van der Waals surface area contributed by atoms with Crippen molar-refractivity contribution < 1.29 is 24.9 Å². The van der Waals surface area contributed by atoms with Crippen molar-refractivity contribution >= 4 is 11.6 Å². The van der Waals surface area contributed by atoms with Gasteiger partial charge in [0.25, 0.3) is 0 Å². The fourth-order valence-electron chi connectivity index (χ4n) is 2.40. The van der Waals surface area contributed by atoms with Crippen LogP contribution in [0.25, 0.3) is 0 Å². The van der Waals surface area contributed by atoms with E-state index in [1.807, 2.05) is 31.2 Å². The van der Waals surface area contributed by atoms with Crippen molar-refractivity contribution in [3.05, 3.63) is 35.4 Å². The molecule has 0 aliphatic heterocycles. The predicted octanol–water partition coefficient (Wildman–Crippen LogP) is 1.37. The monoisotopic (exact) mass is 322 g/mol. The van der Waals surface area contributed by atoms with Crippen LogP contribution in [0.3, 0.4) is 0 Å². The molecule has 1 aliphatic rings. The van der Waals surface area contributed by atoms with Gasteiger partial charge in [-0.15, -0.1) is 0 Å². The van der Waals surface area contributed by atoms with Crippen LogP contribution < -0.4 is 0 Å². The molecule has 0 radical (unpaired) electrons. The Hall–Kier alpha value is -1.56. The highest BCUT2D eigenvalue weighted by atomic mass is 16.3. The first-order valence-electron chi connectivity index (χ1n) is 7.76. The number of aryl methyl sites for hydroxylation is 1. The molecule has 1 aromatic rings. The van der Waals surface area contributed by atoms with Crippen molar-refractivity contribution in [3.63, 3.8) is 0 Å². The lowest BCUT2D eigenvalue weighted by molar-refractivity contribution is -0.130. The second-order valence-electron chi connectivity index (χ2n) is 6.50. The number of hydrogen-bond donors (Lipinski definition) is 3. The van der Waals surface area contributed by atoms with E-state index in [4.69, 9.17) is 15.3 Å². The summed E-state index contributed by atoms with van der Waals surface area (Å²) in [7, 11) is 0. The number of carbonyl (C=O) groups is 2. The summed E-state index contributed by atoms with van der Waals surface area (Å²) in [6.45, 7) is 3.09. The van der Waals surface area contributed by atoms with E-state index in [0.29, 0.717) is 12.8 Å². The smallest absolute Gasteiger partial charge is 0.140 e. The largest absolute Gasteiger partial charge is 0.396 e.